The van der Waals surface area contributed by atoms with E-state index in [-0.39, 0.29) is 11.7 Å². The van der Waals surface area contributed by atoms with Crippen LogP contribution in [0.3, 0.4) is 0 Å². The smallest absolute Gasteiger partial charge is 0.237 e. The van der Waals surface area contributed by atoms with Crippen molar-refractivity contribution >= 4 is 17.2 Å². The number of benzene rings is 1. The zero-order chi connectivity index (χ0) is 15.4. The van der Waals surface area contributed by atoms with E-state index in [0.29, 0.717) is 13.0 Å². The fourth-order valence-electron chi connectivity index (χ4n) is 2.02. The van der Waals surface area contributed by atoms with Gasteiger partial charge in [0.05, 0.1) is 12.6 Å². The van der Waals surface area contributed by atoms with Crippen molar-refractivity contribution in [3.63, 3.8) is 0 Å². The first-order chi connectivity index (χ1) is 9.95. The molecule has 0 fully saturated rings. The van der Waals surface area contributed by atoms with E-state index in [9.17, 15) is 9.90 Å². The van der Waals surface area contributed by atoms with Gasteiger partial charge in [-0.1, -0.05) is 12.1 Å². The lowest BCUT2D eigenvalue weighted by Gasteiger charge is -2.12. The molecule has 21 heavy (non-hydrogen) atoms. The summed E-state index contributed by atoms with van der Waals surface area (Å²) in [7, 11) is 0. The van der Waals surface area contributed by atoms with Crippen molar-refractivity contribution < 1.29 is 9.90 Å². The average molecular weight is 304 g/mol. The van der Waals surface area contributed by atoms with Crippen LogP contribution in [0.2, 0.25) is 0 Å². The fourth-order valence-corrected chi connectivity index (χ4v) is 3.01. The van der Waals surface area contributed by atoms with E-state index in [0.717, 1.165) is 10.4 Å². The van der Waals surface area contributed by atoms with E-state index < -0.39 is 6.04 Å². The summed E-state index contributed by atoms with van der Waals surface area (Å²) in [6.45, 7) is 4.65. The van der Waals surface area contributed by atoms with Gasteiger partial charge >= 0.3 is 0 Å². The number of aryl methyl sites for hydroxylation is 2. The average Bonchev–Trinajstić information content (AvgIpc) is 2.77. The third kappa shape index (κ3) is 4.31. The van der Waals surface area contributed by atoms with E-state index in [4.69, 9.17) is 5.73 Å². The zero-order valence-corrected chi connectivity index (χ0v) is 13.0. The summed E-state index contributed by atoms with van der Waals surface area (Å²) in [6.07, 6.45) is 0.453. The molecule has 0 aliphatic heterocycles. The monoisotopic (exact) mass is 304 g/mol. The Morgan fingerprint density at radius 2 is 2.00 bits per heavy atom. The van der Waals surface area contributed by atoms with Crippen LogP contribution in [0.4, 0.5) is 0 Å². The van der Waals surface area contributed by atoms with Gasteiger partial charge in [0, 0.05) is 9.75 Å². The van der Waals surface area contributed by atoms with Gasteiger partial charge in [-0.15, -0.1) is 11.3 Å². The van der Waals surface area contributed by atoms with E-state index in [1.165, 1.54) is 10.4 Å². The number of rotatable bonds is 5. The van der Waals surface area contributed by atoms with Gasteiger partial charge in [-0.25, -0.2) is 0 Å². The Labute approximate surface area is 128 Å². The number of thiophene rings is 1. The van der Waals surface area contributed by atoms with Crippen LogP contribution in [0.25, 0.3) is 0 Å². The summed E-state index contributed by atoms with van der Waals surface area (Å²) in [4.78, 5) is 14.4. The molecule has 0 bridgehead atoms. The second kappa shape index (κ2) is 6.74. The van der Waals surface area contributed by atoms with Crippen LogP contribution in [0.5, 0.6) is 5.75 Å². The van der Waals surface area contributed by atoms with Crippen molar-refractivity contribution in [2.75, 3.05) is 0 Å². The Bertz CT molecular complexity index is 600. The SMILES string of the molecule is Cc1cc(CNC(=O)[C@H](N)Cc2ccc(O)cc2)sc1C. The highest BCUT2D eigenvalue weighted by atomic mass is 32.1. The molecule has 4 N–H and O–H groups in total. The summed E-state index contributed by atoms with van der Waals surface area (Å²) in [5.74, 6) is 0.0481. The highest BCUT2D eigenvalue weighted by molar-refractivity contribution is 7.12. The van der Waals surface area contributed by atoms with E-state index in [1.54, 1.807) is 35.6 Å². The minimum atomic E-state index is -0.586. The van der Waals surface area contributed by atoms with Crippen LogP contribution in [-0.2, 0) is 17.8 Å². The number of phenolic OH excluding ortho intramolecular Hbond substituents is 1. The lowest BCUT2D eigenvalue weighted by molar-refractivity contribution is -0.122. The van der Waals surface area contributed by atoms with Crippen molar-refractivity contribution in [1.82, 2.24) is 5.32 Å². The predicted molar refractivity (Wildman–Crippen MR) is 85.4 cm³/mol. The molecule has 5 heteroatoms. The van der Waals surface area contributed by atoms with Crippen molar-refractivity contribution in [1.29, 1.82) is 0 Å². The summed E-state index contributed by atoms with van der Waals surface area (Å²) >= 11 is 1.69. The van der Waals surface area contributed by atoms with E-state index >= 15 is 0 Å². The van der Waals surface area contributed by atoms with Crippen molar-refractivity contribution in [2.24, 2.45) is 5.73 Å². The first kappa shape index (κ1) is 15.5. The highest BCUT2D eigenvalue weighted by Crippen LogP contribution is 2.20. The van der Waals surface area contributed by atoms with Gasteiger partial charge in [-0.05, 0) is 49.6 Å². The molecule has 0 radical (unpaired) electrons. The van der Waals surface area contributed by atoms with Gasteiger partial charge in [0.2, 0.25) is 5.91 Å². The molecule has 1 aromatic heterocycles. The highest BCUT2D eigenvalue weighted by Gasteiger charge is 2.14. The number of amides is 1. The standard InChI is InChI=1S/C16H20N2O2S/c1-10-7-14(21-11(10)2)9-18-16(20)15(17)8-12-3-5-13(19)6-4-12/h3-7,15,19H,8-9,17H2,1-2H3,(H,18,20)/t15-/m1/s1. The molecule has 1 heterocycles. The van der Waals surface area contributed by atoms with Gasteiger partial charge in [-0.3, -0.25) is 4.79 Å². The number of carbonyl (C=O) groups excluding carboxylic acids is 1. The molecule has 0 aliphatic carbocycles. The molecule has 1 aromatic carbocycles. The minimum Gasteiger partial charge on any atom is -0.508 e. The Balaban J connectivity index is 1.86. The largest absolute Gasteiger partial charge is 0.508 e. The molecule has 0 aliphatic rings. The van der Waals surface area contributed by atoms with Crippen LogP contribution in [0, 0.1) is 13.8 Å². The normalized spacial score (nSPS) is 12.1. The third-order valence-electron chi connectivity index (χ3n) is 3.38. The molecule has 0 spiro atoms. The summed E-state index contributed by atoms with van der Waals surface area (Å²) < 4.78 is 0. The van der Waals surface area contributed by atoms with Crippen molar-refractivity contribution in [3.8, 4) is 5.75 Å². The van der Waals surface area contributed by atoms with Gasteiger partial charge in [0.1, 0.15) is 5.75 Å². The molecular formula is C16H20N2O2S. The maximum absolute atomic E-state index is 12.0. The van der Waals surface area contributed by atoms with Crippen LogP contribution >= 0.6 is 11.3 Å². The van der Waals surface area contributed by atoms with Crippen LogP contribution < -0.4 is 11.1 Å². The molecule has 112 valence electrons. The molecule has 2 rings (SSSR count). The second-order valence-corrected chi connectivity index (χ2v) is 6.49. The molecule has 0 saturated carbocycles. The number of aromatic hydroxyl groups is 1. The van der Waals surface area contributed by atoms with Gasteiger partial charge in [0.25, 0.3) is 0 Å². The van der Waals surface area contributed by atoms with Gasteiger partial charge in [0.15, 0.2) is 0 Å². The Kier molecular flexibility index (Phi) is 4.98. The Morgan fingerprint density at radius 3 is 2.57 bits per heavy atom. The molecule has 0 saturated heterocycles. The predicted octanol–water partition coefficient (Wildman–Crippen LogP) is 2.26. The minimum absolute atomic E-state index is 0.160. The maximum atomic E-state index is 12.0. The summed E-state index contributed by atoms with van der Waals surface area (Å²) in [5.41, 5.74) is 8.09. The molecule has 2 aromatic rings. The van der Waals surface area contributed by atoms with Crippen molar-refractivity contribution in [3.05, 3.63) is 51.2 Å². The molecule has 4 nitrogen and oxygen atoms in total. The van der Waals surface area contributed by atoms with Gasteiger partial charge < -0.3 is 16.2 Å². The lowest BCUT2D eigenvalue weighted by Crippen LogP contribution is -2.41. The van der Waals surface area contributed by atoms with E-state index in [2.05, 4.69) is 25.2 Å². The molecule has 1 amide bonds. The number of phenols is 1. The molecule has 1 atom stereocenters. The molecular weight excluding hydrogens is 284 g/mol. The fraction of sp³-hybridized carbons (Fsp3) is 0.312. The number of carbonyl (C=O) groups is 1. The Morgan fingerprint density at radius 1 is 1.33 bits per heavy atom. The first-order valence-electron chi connectivity index (χ1n) is 6.83. The van der Waals surface area contributed by atoms with Crippen LogP contribution in [0.15, 0.2) is 30.3 Å². The van der Waals surface area contributed by atoms with Gasteiger partial charge in [-0.2, -0.15) is 0 Å². The number of hydrogen-bond acceptors (Lipinski definition) is 4. The van der Waals surface area contributed by atoms with Crippen LogP contribution in [0.1, 0.15) is 20.9 Å². The van der Waals surface area contributed by atoms with Crippen molar-refractivity contribution in [2.45, 2.75) is 32.9 Å². The Hall–Kier alpha value is -1.85. The number of nitrogens with two attached hydrogens (primary N) is 1. The topological polar surface area (TPSA) is 75.4 Å². The second-order valence-electron chi connectivity index (χ2n) is 5.15. The quantitative estimate of drug-likeness (QED) is 0.793. The first-order valence-corrected chi connectivity index (χ1v) is 7.64. The zero-order valence-electron chi connectivity index (χ0n) is 12.2. The maximum Gasteiger partial charge on any atom is 0.237 e. The van der Waals surface area contributed by atoms with E-state index in [1.807, 2.05) is 0 Å². The third-order valence-corrected chi connectivity index (χ3v) is 4.54. The molecule has 0 unspecified atom stereocenters. The summed E-state index contributed by atoms with van der Waals surface area (Å²) in [6, 6.07) is 8.24. The number of nitrogens with one attached hydrogen (secondary N) is 1. The summed E-state index contributed by atoms with van der Waals surface area (Å²) in [5, 5.41) is 12.1. The van der Waals surface area contributed by atoms with Crippen LogP contribution in [-0.4, -0.2) is 17.1 Å². The number of hydrogen-bond donors (Lipinski definition) is 3. The lowest BCUT2D eigenvalue weighted by atomic mass is 10.1.